The molecule has 0 aliphatic heterocycles. The van der Waals surface area contributed by atoms with Crippen LogP contribution in [-0.2, 0) is 23.2 Å². The van der Waals surface area contributed by atoms with Crippen LogP contribution in [0.5, 0.6) is 5.75 Å². The Hall–Kier alpha value is -2.29. The Bertz CT molecular complexity index is 681. The van der Waals surface area contributed by atoms with E-state index in [4.69, 9.17) is 4.74 Å². The largest absolute Gasteiger partial charge is 0.497 e. The number of amides is 1. The highest BCUT2D eigenvalue weighted by atomic mass is 16.5. The molecule has 25 heavy (non-hydrogen) atoms. The van der Waals surface area contributed by atoms with Crippen molar-refractivity contribution in [3.8, 4) is 5.75 Å². The first-order chi connectivity index (χ1) is 11.8. The Morgan fingerprint density at radius 3 is 2.04 bits per heavy atom. The van der Waals surface area contributed by atoms with E-state index in [2.05, 4.69) is 45.0 Å². The van der Waals surface area contributed by atoms with Gasteiger partial charge in [-0.2, -0.15) is 0 Å². The van der Waals surface area contributed by atoms with Gasteiger partial charge in [0, 0.05) is 20.0 Å². The van der Waals surface area contributed by atoms with Gasteiger partial charge in [-0.1, -0.05) is 57.2 Å². The van der Waals surface area contributed by atoms with Gasteiger partial charge in [-0.05, 0) is 40.7 Å². The molecular formula is C22H29NO2. The molecule has 2 aromatic rings. The van der Waals surface area contributed by atoms with E-state index in [1.165, 1.54) is 11.1 Å². The van der Waals surface area contributed by atoms with Crippen LogP contribution in [0.1, 0.15) is 43.9 Å². The van der Waals surface area contributed by atoms with Crippen molar-refractivity contribution in [2.24, 2.45) is 0 Å². The van der Waals surface area contributed by atoms with Gasteiger partial charge in [0.1, 0.15) is 5.75 Å². The lowest BCUT2D eigenvalue weighted by Gasteiger charge is -2.19. The highest BCUT2D eigenvalue weighted by molar-refractivity contribution is 5.76. The van der Waals surface area contributed by atoms with E-state index in [0.717, 1.165) is 17.7 Å². The molecule has 0 unspecified atom stereocenters. The molecule has 0 fully saturated rings. The first-order valence-electron chi connectivity index (χ1n) is 8.76. The summed E-state index contributed by atoms with van der Waals surface area (Å²) in [4.78, 5) is 14.2. The Morgan fingerprint density at radius 1 is 0.960 bits per heavy atom. The number of benzene rings is 2. The zero-order chi connectivity index (χ0) is 18.4. The fourth-order valence-electron chi connectivity index (χ4n) is 2.71. The van der Waals surface area contributed by atoms with Crippen molar-refractivity contribution in [2.45, 2.75) is 45.6 Å². The first kappa shape index (κ1) is 19.0. The normalized spacial score (nSPS) is 11.2. The Labute approximate surface area is 151 Å². The molecule has 3 heteroatoms. The minimum Gasteiger partial charge on any atom is -0.497 e. The quantitative estimate of drug-likeness (QED) is 0.771. The SMILES string of the molecule is COc1ccc(CN(C)C(=O)CCc2ccc(C(C)(C)C)cc2)cc1. The minimum absolute atomic E-state index is 0.160. The summed E-state index contributed by atoms with van der Waals surface area (Å²) in [6.45, 7) is 7.24. The summed E-state index contributed by atoms with van der Waals surface area (Å²) in [6, 6.07) is 16.4. The summed E-state index contributed by atoms with van der Waals surface area (Å²) >= 11 is 0. The highest BCUT2D eigenvalue weighted by Crippen LogP contribution is 2.22. The number of hydrogen-bond donors (Lipinski definition) is 0. The first-order valence-corrected chi connectivity index (χ1v) is 8.76. The molecule has 0 spiro atoms. The van der Waals surface area contributed by atoms with E-state index < -0.39 is 0 Å². The van der Waals surface area contributed by atoms with Crippen LogP contribution in [0.15, 0.2) is 48.5 Å². The maximum Gasteiger partial charge on any atom is 0.222 e. The number of nitrogens with zero attached hydrogens (tertiary/aromatic N) is 1. The van der Waals surface area contributed by atoms with Gasteiger partial charge in [0.2, 0.25) is 5.91 Å². The summed E-state index contributed by atoms with van der Waals surface area (Å²) in [6.07, 6.45) is 1.30. The van der Waals surface area contributed by atoms with Crippen LogP contribution in [0.25, 0.3) is 0 Å². The summed E-state index contributed by atoms with van der Waals surface area (Å²) in [7, 11) is 3.51. The number of carbonyl (C=O) groups is 1. The van der Waals surface area contributed by atoms with Crippen LogP contribution in [0.2, 0.25) is 0 Å². The van der Waals surface area contributed by atoms with Gasteiger partial charge in [0.15, 0.2) is 0 Å². The fraction of sp³-hybridized carbons (Fsp3) is 0.409. The summed E-state index contributed by atoms with van der Waals surface area (Å²) in [5.74, 6) is 0.993. The molecule has 0 aromatic heterocycles. The van der Waals surface area contributed by atoms with Gasteiger partial charge in [-0.15, -0.1) is 0 Å². The van der Waals surface area contributed by atoms with Crippen molar-refractivity contribution in [3.05, 3.63) is 65.2 Å². The highest BCUT2D eigenvalue weighted by Gasteiger charge is 2.13. The third-order valence-corrected chi connectivity index (χ3v) is 4.45. The van der Waals surface area contributed by atoms with E-state index in [9.17, 15) is 4.79 Å². The molecule has 1 amide bonds. The third kappa shape index (κ3) is 5.63. The molecular weight excluding hydrogens is 310 g/mol. The molecule has 0 N–H and O–H groups in total. The van der Waals surface area contributed by atoms with Crippen LogP contribution in [0.3, 0.4) is 0 Å². The van der Waals surface area contributed by atoms with Crippen molar-refractivity contribution in [1.82, 2.24) is 4.90 Å². The molecule has 0 saturated carbocycles. The molecule has 134 valence electrons. The second kappa shape index (κ2) is 8.19. The molecule has 2 aromatic carbocycles. The lowest BCUT2D eigenvalue weighted by molar-refractivity contribution is -0.130. The second-order valence-electron chi connectivity index (χ2n) is 7.54. The maximum absolute atomic E-state index is 12.4. The summed E-state index contributed by atoms with van der Waals surface area (Å²) < 4.78 is 5.16. The second-order valence-corrected chi connectivity index (χ2v) is 7.54. The van der Waals surface area contributed by atoms with E-state index in [-0.39, 0.29) is 11.3 Å². The summed E-state index contributed by atoms with van der Waals surface area (Å²) in [5.41, 5.74) is 3.79. The molecule has 0 aliphatic carbocycles. The van der Waals surface area contributed by atoms with Crippen molar-refractivity contribution >= 4 is 5.91 Å². The lowest BCUT2D eigenvalue weighted by Crippen LogP contribution is -2.26. The molecule has 0 bridgehead atoms. The summed E-state index contributed by atoms with van der Waals surface area (Å²) in [5, 5.41) is 0. The predicted octanol–water partition coefficient (Wildman–Crippen LogP) is 4.58. The number of carbonyl (C=O) groups excluding carboxylic acids is 1. The van der Waals surface area contributed by atoms with Gasteiger partial charge in [-0.3, -0.25) is 4.79 Å². The standard InChI is InChI=1S/C22H29NO2/c1-22(2,3)19-11-6-17(7-12-19)10-15-21(24)23(4)16-18-8-13-20(25-5)14-9-18/h6-9,11-14H,10,15-16H2,1-5H3. The predicted molar refractivity (Wildman–Crippen MR) is 103 cm³/mol. The Kier molecular flexibility index (Phi) is 6.24. The average molecular weight is 339 g/mol. The van der Waals surface area contributed by atoms with Crippen molar-refractivity contribution in [1.29, 1.82) is 0 Å². The van der Waals surface area contributed by atoms with Gasteiger partial charge in [-0.25, -0.2) is 0 Å². The van der Waals surface area contributed by atoms with Crippen molar-refractivity contribution in [2.75, 3.05) is 14.2 Å². The van der Waals surface area contributed by atoms with Crippen molar-refractivity contribution in [3.63, 3.8) is 0 Å². The van der Waals surface area contributed by atoms with Crippen molar-refractivity contribution < 1.29 is 9.53 Å². The number of ether oxygens (including phenoxy) is 1. The smallest absolute Gasteiger partial charge is 0.222 e. The van der Waals surface area contributed by atoms with Crippen LogP contribution in [0, 0.1) is 0 Å². The average Bonchev–Trinajstić information content (AvgIpc) is 2.60. The van der Waals surface area contributed by atoms with Gasteiger partial charge in [0.05, 0.1) is 7.11 Å². The Balaban J connectivity index is 1.86. The third-order valence-electron chi connectivity index (χ3n) is 4.45. The van der Waals surface area contributed by atoms with Gasteiger partial charge >= 0.3 is 0 Å². The zero-order valence-corrected chi connectivity index (χ0v) is 16.0. The van der Waals surface area contributed by atoms with Gasteiger partial charge < -0.3 is 9.64 Å². The fourth-order valence-corrected chi connectivity index (χ4v) is 2.71. The molecule has 0 heterocycles. The molecule has 0 atom stereocenters. The molecule has 0 aliphatic rings. The molecule has 2 rings (SSSR count). The van der Waals surface area contributed by atoms with E-state index in [1.807, 2.05) is 31.3 Å². The van der Waals surface area contributed by atoms with E-state index >= 15 is 0 Å². The van der Waals surface area contributed by atoms with Crippen LogP contribution >= 0.6 is 0 Å². The van der Waals surface area contributed by atoms with E-state index in [1.54, 1.807) is 12.0 Å². The van der Waals surface area contributed by atoms with Crippen LogP contribution in [0.4, 0.5) is 0 Å². The number of rotatable bonds is 6. The minimum atomic E-state index is 0.160. The van der Waals surface area contributed by atoms with Crippen LogP contribution in [-0.4, -0.2) is 25.0 Å². The van der Waals surface area contributed by atoms with E-state index in [0.29, 0.717) is 13.0 Å². The maximum atomic E-state index is 12.4. The monoisotopic (exact) mass is 339 g/mol. The lowest BCUT2D eigenvalue weighted by atomic mass is 9.86. The number of methoxy groups -OCH3 is 1. The molecule has 3 nitrogen and oxygen atoms in total. The molecule has 0 radical (unpaired) electrons. The van der Waals surface area contributed by atoms with Crippen LogP contribution < -0.4 is 4.74 Å². The molecule has 0 saturated heterocycles. The number of hydrogen-bond acceptors (Lipinski definition) is 2. The topological polar surface area (TPSA) is 29.5 Å². The number of aryl methyl sites for hydroxylation is 1. The van der Waals surface area contributed by atoms with Gasteiger partial charge in [0.25, 0.3) is 0 Å². The Morgan fingerprint density at radius 2 is 1.52 bits per heavy atom. The zero-order valence-electron chi connectivity index (χ0n) is 16.0.